The minimum atomic E-state index is -1.27. The van der Waals surface area contributed by atoms with Crippen LogP contribution in [-0.4, -0.2) is 33.1 Å². The van der Waals surface area contributed by atoms with E-state index in [-0.39, 0.29) is 5.91 Å². The molecule has 1 amide bonds. The fourth-order valence-corrected chi connectivity index (χ4v) is 3.51. The molecule has 5 nitrogen and oxygen atoms in total. The van der Waals surface area contributed by atoms with E-state index in [0.717, 1.165) is 16.9 Å². The van der Waals surface area contributed by atoms with Crippen molar-refractivity contribution in [2.24, 2.45) is 0 Å². The van der Waals surface area contributed by atoms with Crippen molar-refractivity contribution in [2.45, 2.75) is 18.9 Å². The van der Waals surface area contributed by atoms with Gasteiger partial charge in [0, 0.05) is 17.0 Å². The number of nitrogens with zero attached hydrogens (tertiary/aromatic N) is 1. The van der Waals surface area contributed by atoms with Crippen molar-refractivity contribution >= 4 is 23.4 Å². The van der Waals surface area contributed by atoms with E-state index in [0.29, 0.717) is 23.8 Å². The summed E-state index contributed by atoms with van der Waals surface area (Å²) < 4.78 is 5.30. The van der Waals surface area contributed by atoms with Crippen molar-refractivity contribution in [3.05, 3.63) is 36.2 Å². The maximum absolute atomic E-state index is 12.2. The van der Waals surface area contributed by atoms with Crippen LogP contribution in [-0.2, 0) is 4.79 Å². The Morgan fingerprint density at radius 2 is 2.38 bits per heavy atom. The molecule has 0 radical (unpaired) electrons. The minimum absolute atomic E-state index is 0.352. The second-order valence-electron chi connectivity index (χ2n) is 5.16. The maximum atomic E-state index is 12.2. The predicted molar refractivity (Wildman–Crippen MR) is 82.2 cm³/mol. The van der Waals surface area contributed by atoms with Crippen molar-refractivity contribution in [2.75, 3.05) is 16.8 Å². The number of nitrogens with one attached hydrogen (secondary N) is 1. The number of amides is 1. The van der Waals surface area contributed by atoms with Crippen molar-refractivity contribution < 1.29 is 14.3 Å². The number of anilines is 1. The molecule has 6 heteroatoms. The molecule has 1 atom stereocenters. The number of aryl methyl sites for hydroxylation is 1. The number of oxazole rings is 1. The van der Waals surface area contributed by atoms with Crippen LogP contribution in [0.15, 0.2) is 35.1 Å². The molecule has 0 aliphatic carbocycles. The van der Waals surface area contributed by atoms with Crippen LogP contribution in [0.1, 0.15) is 12.0 Å². The number of aromatic nitrogens is 1. The zero-order chi connectivity index (χ0) is 14.9. The average Bonchev–Trinajstić information content (AvgIpc) is 3.13. The van der Waals surface area contributed by atoms with Crippen molar-refractivity contribution in [3.63, 3.8) is 0 Å². The highest BCUT2D eigenvalue weighted by atomic mass is 32.2. The highest BCUT2D eigenvalue weighted by Gasteiger charge is 2.39. The van der Waals surface area contributed by atoms with Crippen LogP contribution in [0.4, 0.5) is 5.69 Å². The molecule has 3 rings (SSSR count). The molecule has 0 saturated carbocycles. The fourth-order valence-electron chi connectivity index (χ4n) is 2.27. The molecular weight excluding hydrogens is 288 g/mol. The van der Waals surface area contributed by atoms with Crippen LogP contribution in [0.2, 0.25) is 0 Å². The Hall–Kier alpha value is -1.79. The molecule has 2 N–H and O–H groups in total. The zero-order valence-electron chi connectivity index (χ0n) is 11.6. The van der Waals surface area contributed by atoms with Gasteiger partial charge in [-0.2, -0.15) is 11.8 Å². The van der Waals surface area contributed by atoms with E-state index in [9.17, 15) is 9.90 Å². The van der Waals surface area contributed by atoms with Gasteiger partial charge in [0.25, 0.3) is 5.91 Å². The molecule has 1 saturated heterocycles. The summed E-state index contributed by atoms with van der Waals surface area (Å²) in [7, 11) is 0. The molecular formula is C15H16N2O3S. The first-order valence-electron chi connectivity index (χ1n) is 6.71. The number of benzene rings is 1. The lowest BCUT2D eigenvalue weighted by Gasteiger charge is -2.20. The first kappa shape index (κ1) is 14.2. The number of hydrogen-bond acceptors (Lipinski definition) is 5. The highest BCUT2D eigenvalue weighted by molar-refractivity contribution is 7.99. The first-order chi connectivity index (χ1) is 10.1. The summed E-state index contributed by atoms with van der Waals surface area (Å²) in [6, 6.07) is 5.51. The van der Waals surface area contributed by atoms with Gasteiger partial charge in [0.1, 0.15) is 6.26 Å². The molecule has 1 aliphatic rings. The lowest BCUT2D eigenvalue weighted by atomic mass is 10.0. The number of aliphatic hydroxyl groups is 1. The zero-order valence-corrected chi connectivity index (χ0v) is 12.4. The van der Waals surface area contributed by atoms with E-state index in [2.05, 4.69) is 10.3 Å². The lowest BCUT2D eigenvalue weighted by Crippen LogP contribution is -2.42. The largest absolute Gasteiger partial charge is 0.445 e. The van der Waals surface area contributed by atoms with Crippen LogP contribution in [0, 0.1) is 6.92 Å². The molecule has 0 spiro atoms. The topological polar surface area (TPSA) is 75.4 Å². The number of thioether (sulfide) groups is 1. The Labute approximate surface area is 126 Å². The van der Waals surface area contributed by atoms with Crippen molar-refractivity contribution in [1.29, 1.82) is 0 Å². The summed E-state index contributed by atoms with van der Waals surface area (Å²) in [6.45, 7) is 1.95. The number of hydrogen-bond donors (Lipinski definition) is 2. The van der Waals surface area contributed by atoms with Crippen LogP contribution in [0.25, 0.3) is 11.5 Å². The van der Waals surface area contributed by atoms with Gasteiger partial charge in [-0.3, -0.25) is 4.79 Å². The summed E-state index contributed by atoms with van der Waals surface area (Å²) in [5.41, 5.74) is 1.19. The molecule has 1 aliphatic heterocycles. The van der Waals surface area contributed by atoms with Crippen LogP contribution in [0.5, 0.6) is 0 Å². The van der Waals surface area contributed by atoms with Crippen LogP contribution in [0.3, 0.4) is 0 Å². The molecule has 1 fully saturated rings. The molecule has 2 aromatic rings. The van der Waals surface area contributed by atoms with Gasteiger partial charge in [-0.05, 0) is 36.8 Å². The third kappa shape index (κ3) is 2.82. The Balaban J connectivity index is 1.83. The Morgan fingerprint density at radius 3 is 3.05 bits per heavy atom. The van der Waals surface area contributed by atoms with E-state index in [1.165, 1.54) is 6.26 Å². The molecule has 110 valence electrons. The Bertz CT molecular complexity index is 649. The lowest BCUT2D eigenvalue weighted by molar-refractivity contribution is -0.131. The normalized spacial score (nSPS) is 21.4. The van der Waals surface area contributed by atoms with Gasteiger partial charge in [-0.25, -0.2) is 4.98 Å². The van der Waals surface area contributed by atoms with E-state index in [4.69, 9.17) is 4.42 Å². The number of carbonyl (C=O) groups excluding carboxylic acids is 1. The van der Waals surface area contributed by atoms with Crippen LogP contribution >= 0.6 is 11.8 Å². The van der Waals surface area contributed by atoms with Gasteiger partial charge in [-0.1, -0.05) is 6.07 Å². The van der Waals surface area contributed by atoms with Crippen molar-refractivity contribution in [3.8, 4) is 11.5 Å². The number of carbonyl (C=O) groups is 1. The Morgan fingerprint density at radius 1 is 1.52 bits per heavy atom. The van der Waals surface area contributed by atoms with Crippen molar-refractivity contribution in [1.82, 2.24) is 4.98 Å². The monoisotopic (exact) mass is 304 g/mol. The third-order valence-corrected chi connectivity index (χ3v) is 4.76. The van der Waals surface area contributed by atoms with E-state index in [1.54, 1.807) is 18.0 Å². The summed E-state index contributed by atoms with van der Waals surface area (Å²) in [4.78, 5) is 16.3. The van der Waals surface area contributed by atoms with Gasteiger partial charge in [0.05, 0.1) is 6.20 Å². The third-order valence-electron chi connectivity index (χ3n) is 3.58. The highest BCUT2D eigenvalue weighted by Crippen LogP contribution is 2.30. The minimum Gasteiger partial charge on any atom is -0.445 e. The van der Waals surface area contributed by atoms with E-state index < -0.39 is 5.60 Å². The summed E-state index contributed by atoms with van der Waals surface area (Å²) in [6.07, 6.45) is 3.58. The molecule has 0 bridgehead atoms. The molecule has 21 heavy (non-hydrogen) atoms. The molecule has 1 aromatic heterocycles. The van der Waals surface area contributed by atoms with Gasteiger partial charge in [0.2, 0.25) is 5.89 Å². The van der Waals surface area contributed by atoms with Gasteiger partial charge in [-0.15, -0.1) is 0 Å². The first-order valence-corrected chi connectivity index (χ1v) is 7.86. The van der Waals surface area contributed by atoms with Crippen LogP contribution < -0.4 is 5.32 Å². The molecule has 2 heterocycles. The van der Waals surface area contributed by atoms with E-state index in [1.807, 2.05) is 25.1 Å². The Kier molecular flexibility index (Phi) is 3.73. The standard InChI is InChI=1S/C15H16N2O3S/c1-10-2-3-11(8-12(10)13-16-5-6-20-13)17-14(18)15(19)4-7-21-9-15/h2-3,5-6,8,19H,4,7,9H2,1H3,(H,17,18). The van der Waals surface area contributed by atoms with Gasteiger partial charge >= 0.3 is 0 Å². The second-order valence-corrected chi connectivity index (χ2v) is 6.26. The van der Waals surface area contributed by atoms with E-state index >= 15 is 0 Å². The smallest absolute Gasteiger partial charge is 0.257 e. The maximum Gasteiger partial charge on any atom is 0.257 e. The average molecular weight is 304 g/mol. The molecule has 1 aromatic carbocycles. The molecule has 1 unspecified atom stereocenters. The SMILES string of the molecule is Cc1ccc(NC(=O)C2(O)CCSC2)cc1-c1ncco1. The summed E-state index contributed by atoms with van der Waals surface area (Å²) >= 11 is 1.59. The summed E-state index contributed by atoms with van der Waals surface area (Å²) in [5, 5.41) is 13.0. The van der Waals surface area contributed by atoms with Gasteiger partial charge < -0.3 is 14.8 Å². The summed E-state index contributed by atoms with van der Waals surface area (Å²) in [5.74, 6) is 1.41. The fraction of sp³-hybridized carbons (Fsp3) is 0.333. The number of rotatable bonds is 3. The van der Waals surface area contributed by atoms with Gasteiger partial charge in [0.15, 0.2) is 5.60 Å². The second kappa shape index (κ2) is 5.54. The predicted octanol–water partition coefficient (Wildman–Crippen LogP) is 2.46. The quantitative estimate of drug-likeness (QED) is 0.911.